The molecule has 0 bridgehead atoms. The number of hydrogen-bond acceptors (Lipinski definition) is 4. The molecule has 0 aromatic heterocycles. The highest BCUT2D eigenvalue weighted by atomic mass is 35.5. The summed E-state index contributed by atoms with van der Waals surface area (Å²) in [5.74, 6) is -0.946. The van der Waals surface area contributed by atoms with Gasteiger partial charge in [-0.2, -0.15) is 13.2 Å². The molecule has 0 fully saturated rings. The molecule has 0 radical (unpaired) electrons. The fourth-order valence-electron chi connectivity index (χ4n) is 2.46. The van der Waals surface area contributed by atoms with Gasteiger partial charge in [-0.05, 0) is 50.2 Å². The molecule has 2 N–H and O–H groups in total. The second-order valence-corrected chi connectivity index (χ2v) is 8.40. The minimum atomic E-state index is -4.75. The van der Waals surface area contributed by atoms with E-state index in [0.29, 0.717) is 6.07 Å². The van der Waals surface area contributed by atoms with Crippen LogP contribution < -0.4 is 14.8 Å². The number of hydrogen-bond donors (Lipinski definition) is 2. The van der Waals surface area contributed by atoms with Gasteiger partial charge in [-0.3, -0.25) is 4.79 Å². The molecule has 2 aromatic rings. The van der Waals surface area contributed by atoms with Gasteiger partial charge < -0.3 is 10.1 Å². The second-order valence-electron chi connectivity index (χ2n) is 6.28. The number of anilines is 1. The molecule has 0 saturated heterocycles. The number of ether oxygens (including phenoxy) is 1. The number of sulfonamides is 1. The van der Waals surface area contributed by atoms with Crippen LogP contribution >= 0.6 is 11.6 Å². The van der Waals surface area contributed by atoms with Crippen LogP contribution in [0.15, 0.2) is 41.3 Å². The Kier molecular flexibility index (Phi) is 6.82. The van der Waals surface area contributed by atoms with Crippen molar-refractivity contribution in [1.82, 2.24) is 4.72 Å². The minimum Gasteiger partial charge on any atom is -0.495 e. The molecule has 2 aromatic carbocycles. The van der Waals surface area contributed by atoms with E-state index in [1.807, 2.05) is 0 Å². The first-order chi connectivity index (χ1) is 13.3. The first-order valence-corrected chi connectivity index (χ1v) is 10.1. The molecule has 0 aliphatic heterocycles. The molecular weight excluding hydrogens is 433 g/mol. The number of alkyl halides is 3. The number of rotatable bonds is 6. The Hall–Kier alpha value is -2.30. The molecular formula is C18H18ClF3N2O4S. The zero-order valence-corrected chi connectivity index (χ0v) is 17.2. The highest BCUT2D eigenvalue weighted by molar-refractivity contribution is 7.89. The van der Waals surface area contributed by atoms with Gasteiger partial charge in [-0.15, -0.1) is 0 Å². The molecule has 0 unspecified atom stereocenters. The van der Waals surface area contributed by atoms with Crippen LogP contribution in [0.1, 0.15) is 29.8 Å². The normalized spacial score (nSPS) is 12.1. The van der Waals surface area contributed by atoms with E-state index in [-0.39, 0.29) is 21.2 Å². The van der Waals surface area contributed by atoms with Crippen molar-refractivity contribution in [3.05, 3.63) is 52.5 Å². The van der Waals surface area contributed by atoms with Crippen molar-refractivity contribution < 1.29 is 31.1 Å². The molecule has 0 spiro atoms. The molecule has 1 amide bonds. The number of carbonyl (C=O) groups is 1. The molecule has 0 saturated carbocycles. The van der Waals surface area contributed by atoms with Gasteiger partial charge in [-0.1, -0.05) is 11.6 Å². The smallest absolute Gasteiger partial charge is 0.418 e. The van der Waals surface area contributed by atoms with Crippen LogP contribution in [0.4, 0.5) is 18.9 Å². The standard InChI is InChI=1S/C18H18ClF3N2O4S/c1-10(2)24-29(26,27)16-8-11(4-7-15(16)28-3)17(25)23-14-6-5-12(19)9-13(14)18(20,21)22/h4-10,24H,1-3H3,(H,23,25). The lowest BCUT2D eigenvalue weighted by atomic mass is 10.1. The predicted octanol–water partition coefficient (Wildman–Crippen LogP) is 4.31. The first-order valence-electron chi connectivity index (χ1n) is 8.23. The van der Waals surface area contributed by atoms with E-state index in [4.69, 9.17) is 16.3 Å². The number of nitrogens with one attached hydrogen (secondary N) is 2. The van der Waals surface area contributed by atoms with E-state index in [1.54, 1.807) is 13.8 Å². The van der Waals surface area contributed by atoms with Crippen molar-refractivity contribution >= 4 is 33.2 Å². The van der Waals surface area contributed by atoms with Gasteiger partial charge in [0.1, 0.15) is 10.6 Å². The molecule has 0 aliphatic rings. The van der Waals surface area contributed by atoms with Crippen LogP contribution in [0.2, 0.25) is 5.02 Å². The molecule has 2 rings (SSSR count). The summed E-state index contributed by atoms with van der Waals surface area (Å²) in [6, 6.07) is 6.00. The average Bonchev–Trinajstić information content (AvgIpc) is 2.60. The van der Waals surface area contributed by atoms with E-state index in [2.05, 4.69) is 10.0 Å². The maximum Gasteiger partial charge on any atom is 0.418 e. The maximum atomic E-state index is 13.2. The summed E-state index contributed by atoms with van der Waals surface area (Å²) in [4.78, 5) is 12.2. The van der Waals surface area contributed by atoms with Crippen LogP contribution in [-0.2, 0) is 16.2 Å². The summed E-state index contributed by atoms with van der Waals surface area (Å²) < 4.78 is 72.0. The van der Waals surface area contributed by atoms with Gasteiger partial charge >= 0.3 is 6.18 Å². The Bertz CT molecular complexity index is 1020. The third kappa shape index (κ3) is 5.62. The Morgan fingerprint density at radius 2 is 1.79 bits per heavy atom. The van der Waals surface area contributed by atoms with Crippen LogP contribution in [0.25, 0.3) is 0 Å². The topological polar surface area (TPSA) is 84.5 Å². The molecule has 0 heterocycles. The van der Waals surface area contributed by atoms with Crippen LogP contribution in [0.5, 0.6) is 5.75 Å². The summed E-state index contributed by atoms with van der Waals surface area (Å²) >= 11 is 5.62. The number of methoxy groups -OCH3 is 1. The zero-order valence-electron chi connectivity index (χ0n) is 15.6. The van der Waals surface area contributed by atoms with Gasteiger partial charge in [0.2, 0.25) is 10.0 Å². The third-order valence-corrected chi connectivity index (χ3v) is 5.56. The van der Waals surface area contributed by atoms with Crippen LogP contribution in [0.3, 0.4) is 0 Å². The molecule has 0 atom stereocenters. The quantitative estimate of drug-likeness (QED) is 0.687. The van der Waals surface area contributed by atoms with Crippen molar-refractivity contribution in [1.29, 1.82) is 0 Å². The number of carbonyl (C=O) groups excluding carboxylic acids is 1. The lowest BCUT2D eigenvalue weighted by Crippen LogP contribution is -2.30. The van der Waals surface area contributed by atoms with E-state index in [1.165, 1.54) is 25.3 Å². The predicted molar refractivity (Wildman–Crippen MR) is 103 cm³/mol. The summed E-state index contributed by atoms with van der Waals surface area (Å²) in [5.41, 5.74) is -1.80. The fourth-order valence-corrected chi connectivity index (χ4v) is 4.07. The lowest BCUT2D eigenvalue weighted by Gasteiger charge is -2.16. The third-order valence-electron chi connectivity index (χ3n) is 3.64. The second kappa shape index (κ2) is 8.60. The Labute approximate surface area is 171 Å². The van der Waals surface area contributed by atoms with Crippen molar-refractivity contribution in [3.63, 3.8) is 0 Å². The highest BCUT2D eigenvalue weighted by Gasteiger charge is 2.34. The van der Waals surface area contributed by atoms with Gasteiger partial charge in [0.15, 0.2) is 0 Å². The molecule has 11 heteroatoms. The lowest BCUT2D eigenvalue weighted by molar-refractivity contribution is -0.136. The summed E-state index contributed by atoms with van der Waals surface area (Å²) in [5, 5.41) is 2.00. The van der Waals surface area contributed by atoms with E-state index >= 15 is 0 Å². The summed E-state index contributed by atoms with van der Waals surface area (Å²) in [6.45, 7) is 3.22. The Morgan fingerprint density at radius 1 is 1.14 bits per heavy atom. The molecule has 29 heavy (non-hydrogen) atoms. The molecule has 158 valence electrons. The minimum absolute atomic E-state index is 0.0165. The highest BCUT2D eigenvalue weighted by Crippen LogP contribution is 2.36. The average molecular weight is 451 g/mol. The van der Waals surface area contributed by atoms with Gasteiger partial charge in [0.25, 0.3) is 5.91 Å². The van der Waals surface area contributed by atoms with Crippen molar-refractivity contribution in [2.75, 3.05) is 12.4 Å². The Morgan fingerprint density at radius 3 is 2.34 bits per heavy atom. The van der Waals surface area contributed by atoms with E-state index in [9.17, 15) is 26.4 Å². The number of benzene rings is 2. The first kappa shape index (κ1) is 23.0. The zero-order chi connectivity index (χ0) is 22.0. The molecule has 6 nitrogen and oxygen atoms in total. The van der Waals surface area contributed by atoms with Crippen LogP contribution in [0, 0.1) is 0 Å². The van der Waals surface area contributed by atoms with Crippen LogP contribution in [-0.4, -0.2) is 27.5 Å². The van der Waals surface area contributed by atoms with Crippen molar-refractivity contribution in [2.24, 2.45) is 0 Å². The summed E-state index contributed by atoms with van der Waals surface area (Å²) in [7, 11) is -2.76. The SMILES string of the molecule is COc1ccc(C(=O)Nc2ccc(Cl)cc2C(F)(F)F)cc1S(=O)(=O)NC(C)C. The van der Waals surface area contributed by atoms with E-state index in [0.717, 1.165) is 12.1 Å². The maximum absolute atomic E-state index is 13.2. The van der Waals surface area contributed by atoms with Gasteiger partial charge in [0, 0.05) is 16.6 Å². The number of halogens is 4. The van der Waals surface area contributed by atoms with Gasteiger partial charge in [-0.25, -0.2) is 13.1 Å². The summed E-state index contributed by atoms with van der Waals surface area (Å²) in [6.07, 6.45) is -4.75. The monoisotopic (exact) mass is 450 g/mol. The largest absolute Gasteiger partial charge is 0.495 e. The van der Waals surface area contributed by atoms with Crippen molar-refractivity contribution in [3.8, 4) is 5.75 Å². The number of amides is 1. The van der Waals surface area contributed by atoms with E-state index < -0.39 is 39.4 Å². The molecule has 0 aliphatic carbocycles. The van der Waals surface area contributed by atoms with Crippen molar-refractivity contribution in [2.45, 2.75) is 31.0 Å². The fraction of sp³-hybridized carbons (Fsp3) is 0.278. The Balaban J connectivity index is 2.45. The van der Waals surface area contributed by atoms with Gasteiger partial charge in [0.05, 0.1) is 18.4 Å².